The predicted molar refractivity (Wildman–Crippen MR) is 127 cm³/mol. The first kappa shape index (κ1) is 21.0. The lowest BCUT2D eigenvalue weighted by atomic mass is 10.0. The topological polar surface area (TPSA) is 105 Å². The molecule has 1 aliphatic carbocycles. The number of piperidine rings is 1. The molecule has 0 atom stereocenters. The summed E-state index contributed by atoms with van der Waals surface area (Å²) in [5, 5.41) is 13.3. The summed E-state index contributed by atoms with van der Waals surface area (Å²) in [4.78, 5) is 34.9. The number of hydrogen-bond acceptors (Lipinski definition) is 5. The lowest BCUT2D eigenvalue weighted by molar-refractivity contribution is -0.131. The van der Waals surface area contributed by atoms with Gasteiger partial charge in [0.05, 0.1) is 6.07 Å². The van der Waals surface area contributed by atoms with Gasteiger partial charge in [-0.1, -0.05) is 12.1 Å². The number of benzene rings is 1. The van der Waals surface area contributed by atoms with Crippen LogP contribution in [0.2, 0.25) is 0 Å². The van der Waals surface area contributed by atoms with Crippen LogP contribution in [0.25, 0.3) is 22.2 Å². The molecule has 2 aromatic heterocycles. The monoisotopic (exact) mass is 442 g/mol. The number of nitrogens with one attached hydrogen (secondary N) is 2. The van der Waals surface area contributed by atoms with Crippen LogP contribution in [-0.4, -0.2) is 52.4 Å². The van der Waals surface area contributed by atoms with Crippen molar-refractivity contribution in [1.29, 1.82) is 5.26 Å². The molecule has 3 heterocycles. The first-order valence-corrected chi connectivity index (χ1v) is 11.4. The molecule has 0 unspecified atom stereocenters. The fourth-order valence-corrected chi connectivity index (χ4v) is 4.51. The van der Waals surface area contributed by atoms with Gasteiger partial charge in [-0.3, -0.25) is 14.5 Å². The molecule has 168 valence electrons. The Hall–Kier alpha value is -3.86. The Labute approximate surface area is 192 Å². The molecule has 33 heavy (non-hydrogen) atoms. The molecule has 3 aromatic rings. The number of carbonyl (C=O) groups is 2. The SMILES string of the molecule is N#CCC(=O)N1CCC(Nc2ccc(-c3cc(N(C=O)C4CC4)nc4[nH]ccc34)cc2)CC1. The van der Waals surface area contributed by atoms with Gasteiger partial charge < -0.3 is 15.2 Å². The molecule has 1 saturated carbocycles. The summed E-state index contributed by atoms with van der Waals surface area (Å²) in [6.45, 7) is 1.35. The third-order valence-corrected chi connectivity index (χ3v) is 6.48. The van der Waals surface area contributed by atoms with E-state index in [2.05, 4.69) is 39.6 Å². The molecular weight excluding hydrogens is 416 g/mol. The normalized spacial score (nSPS) is 16.4. The number of aromatic nitrogens is 2. The summed E-state index contributed by atoms with van der Waals surface area (Å²) in [6.07, 6.45) is 6.46. The summed E-state index contributed by atoms with van der Waals surface area (Å²) < 4.78 is 0. The van der Waals surface area contributed by atoms with Crippen molar-refractivity contribution in [2.75, 3.05) is 23.3 Å². The summed E-state index contributed by atoms with van der Waals surface area (Å²) in [5.74, 6) is 0.597. The molecule has 0 radical (unpaired) electrons. The highest BCUT2D eigenvalue weighted by Crippen LogP contribution is 2.35. The number of nitrogens with zero attached hydrogens (tertiary/aromatic N) is 4. The van der Waals surface area contributed by atoms with Crippen LogP contribution in [0.1, 0.15) is 32.1 Å². The zero-order chi connectivity index (χ0) is 22.8. The molecule has 2 amide bonds. The number of fused-ring (bicyclic) bond motifs is 1. The van der Waals surface area contributed by atoms with E-state index in [0.29, 0.717) is 24.9 Å². The van der Waals surface area contributed by atoms with E-state index in [1.54, 1.807) is 9.80 Å². The smallest absolute Gasteiger partial charge is 0.236 e. The van der Waals surface area contributed by atoms with Crippen molar-refractivity contribution in [3.05, 3.63) is 42.6 Å². The second-order valence-electron chi connectivity index (χ2n) is 8.72. The maximum Gasteiger partial charge on any atom is 0.236 e. The van der Waals surface area contributed by atoms with Gasteiger partial charge in [-0.05, 0) is 61.1 Å². The Bertz CT molecular complexity index is 1200. The average Bonchev–Trinajstić information content (AvgIpc) is 3.56. The molecule has 2 fully saturated rings. The minimum Gasteiger partial charge on any atom is -0.382 e. The molecule has 8 heteroatoms. The van der Waals surface area contributed by atoms with Crippen molar-refractivity contribution in [2.45, 2.75) is 44.2 Å². The van der Waals surface area contributed by atoms with E-state index in [4.69, 9.17) is 5.26 Å². The third kappa shape index (κ3) is 4.40. The number of H-pyrrole nitrogens is 1. The quantitative estimate of drug-likeness (QED) is 0.543. The minimum atomic E-state index is -0.0806. The fraction of sp³-hybridized carbons (Fsp3) is 0.360. The van der Waals surface area contributed by atoms with Crippen LogP contribution in [-0.2, 0) is 9.59 Å². The number of pyridine rings is 1. The van der Waals surface area contributed by atoms with Crippen LogP contribution in [0.5, 0.6) is 0 Å². The van der Waals surface area contributed by atoms with Crippen LogP contribution < -0.4 is 10.2 Å². The standard InChI is InChI=1S/C25H26N6O2/c26-11-7-24(33)30-13-9-19(10-14-30)28-18-3-1-17(2-4-18)22-15-23(31(16-32)20-5-6-20)29-25-21(22)8-12-27-25/h1-4,8,12,15-16,19-20,28H,5-7,9-10,13-14H2,(H,27,29). The molecule has 1 aromatic carbocycles. The average molecular weight is 443 g/mol. The zero-order valence-electron chi connectivity index (χ0n) is 18.3. The molecule has 8 nitrogen and oxygen atoms in total. The van der Waals surface area contributed by atoms with Gasteiger partial charge in [-0.2, -0.15) is 5.26 Å². The molecular formula is C25H26N6O2. The number of likely N-dealkylation sites (tertiary alicyclic amines) is 1. The third-order valence-electron chi connectivity index (χ3n) is 6.48. The molecule has 2 aliphatic rings. The van der Waals surface area contributed by atoms with Crippen molar-refractivity contribution < 1.29 is 9.59 Å². The Kier molecular flexibility index (Phi) is 5.69. The van der Waals surface area contributed by atoms with E-state index in [9.17, 15) is 9.59 Å². The second kappa shape index (κ2) is 8.94. The lowest BCUT2D eigenvalue weighted by Crippen LogP contribution is -2.42. The first-order chi connectivity index (χ1) is 16.2. The van der Waals surface area contributed by atoms with E-state index in [0.717, 1.165) is 59.9 Å². The molecule has 1 aliphatic heterocycles. The Balaban J connectivity index is 1.31. The molecule has 5 rings (SSSR count). The van der Waals surface area contributed by atoms with Crippen molar-refractivity contribution in [2.24, 2.45) is 0 Å². The van der Waals surface area contributed by atoms with Crippen LogP contribution in [0, 0.1) is 11.3 Å². The van der Waals surface area contributed by atoms with Crippen molar-refractivity contribution in [3.63, 3.8) is 0 Å². The number of carbonyl (C=O) groups excluding carboxylic acids is 2. The molecule has 0 bridgehead atoms. The highest BCUT2D eigenvalue weighted by atomic mass is 16.2. The van der Waals surface area contributed by atoms with E-state index in [1.807, 2.05) is 24.4 Å². The van der Waals surface area contributed by atoms with Crippen LogP contribution >= 0.6 is 0 Å². The van der Waals surface area contributed by atoms with Gasteiger partial charge in [0.15, 0.2) is 0 Å². The van der Waals surface area contributed by atoms with E-state index in [1.165, 1.54) is 0 Å². The highest BCUT2D eigenvalue weighted by Gasteiger charge is 2.30. The Morgan fingerprint density at radius 2 is 1.97 bits per heavy atom. The number of nitriles is 1. The minimum absolute atomic E-state index is 0.0457. The largest absolute Gasteiger partial charge is 0.382 e. The van der Waals surface area contributed by atoms with E-state index in [-0.39, 0.29) is 18.4 Å². The zero-order valence-corrected chi connectivity index (χ0v) is 18.3. The fourth-order valence-electron chi connectivity index (χ4n) is 4.51. The van der Waals surface area contributed by atoms with Crippen LogP contribution in [0.4, 0.5) is 11.5 Å². The van der Waals surface area contributed by atoms with Crippen molar-refractivity contribution in [3.8, 4) is 17.2 Å². The lowest BCUT2D eigenvalue weighted by Gasteiger charge is -2.32. The molecule has 1 saturated heterocycles. The van der Waals surface area contributed by atoms with Gasteiger partial charge in [0.2, 0.25) is 12.3 Å². The number of amides is 2. The number of aromatic amines is 1. The maximum atomic E-state index is 11.9. The van der Waals surface area contributed by atoms with Crippen LogP contribution in [0.15, 0.2) is 42.6 Å². The molecule has 0 spiro atoms. The van der Waals surface area contributed by atoms with Gasteiger partial charge in [-0.15, -0.1) is 0 Å². The predicted octanol–water partition coefficient (Wildman–Crippen LogP) is 3.67. The van der Waals surface area contributed by atoms with Gasteiger partial charge in [-0.25, -0.2) is 4.98 Å². The Morgan fingerprint density at radius 3 is 2.64 bits per heavy atom. The second-order valence-corrected chi connectivity index (χ2v) is 8.72. The van der Waals surface area contributed by atoms with Gasteiger partial charge >= 0.3 is 0 Å². The maximum absolute atomic E-state index is 11.9. The van der Waals surface area contributed by atoms with Gasteiger partial charge in [0, 0.05) is 42.4 Å². The number of rotatable bonds is 7. The number of hydrogen-bond donors (Lipinski definition) is 2. The van der Waals surface area contributed by atoms with E-state index >= 15 is 0 Å². The summed E-state index contributed by atoms with van der Waals surface area (Å²) in [5.41, 5.74) is 3.91. The van der Waals surface area contributed by atoms with Crippen molar-refractivity contribution >= 4 is 34.9 Å². The summed E-state index contributed by atoms with van der Waals surface area (Å²) >= 11 is 0. The van der Waals surface area contributed by atoms with Crippen LogP contribution in [0.3, 0.4) is 0 Å². The summed E-state index contributed by atoms with van der Waals surface area (Å²) in [6, 6.07) is 14.8. The molecule has 2 N–H and O–H groups in total. The van der Waals surface area contributed by atoms with Gasteiger partial charge in [0.1, 0.15) is 17.9 Å². The number of anilines is 2. The van der Waals surface area contributed by atoms with E-state index < -0.39 is 0 Å². The van der Waals surface area contributed by atoms with Gasteiger partial charge in [0.25, 0.3) is 0 Å². The first-order valence-electron chi connectivity index (χ1n) is 11.4. The highest BCUT2D eigenvalue weighted by molar-refractivity contribution is 5.96. The van der Waals surface area contributed by atoms with Crippen molar-refractivity contribution in [1.82, 2.24) is 14.9 Å². The Morgan fingerprint density at radius 1 is 1.21 bits per heavy atom. The summed E-state index contributed by atoms with van der Waals surface area (Å²) in [7, 11) is 0.